The van der Waals surface area contributed by atoms with E-state index in [2.05, 4.69) is 48.9 Å². The van der Waals surface area contributed by atoms with Crippen molar-refractivity contribution >= 4 is 17.6 Å². The number of aromatic nitrogens is 5. The van der Waals surface area contributed by atoms with Crippen molar-refractivity contribution in [2.45, 2.75) is 61.9 Å². The summed E-state index contributed by atoms with van der Waals surface area (Å²) in [5.74, 6) is 4.13. The van der Waals surface area contributed by atoms with E-state index in [1.54, 1.807) is 11.8 Å². The molecule has 1 atom stereocenters. The van der Waals surface area contributed by atoms with Gasteiger partial charge in [-0.2, -0.15) is 0 Å². The highest BCUT2D eigenvalue weighted by Gasteiger charge is 2.32. The van der Waals surface area contributed by atoms with Crippen molar-refractivity contribution in [1.29, 1.82) is 0 Å². The van der Waals surface area contributed by atoms with Gasteiger partial charge in [0.2, 0.25) is 0 Å². The van der Waals surface area contributed by atoms with Gasteiger partial charge in [0.05, 0.1) is 18.4 Å². The number of nitrogens with zero attached hydrogens (tertiary/aromatic N) is 6. The van der Waals surface area contributed by atoms with Gasteiger partial charge in [-0.1, -0.05) is 36.8 Å². The van der Waals surface area contributed by atoms with Crippen LogP contribution in [0.2, 0.25) is 0 Å². The van der Waals surface area contributed by atoms with Crippen LogP contribution in [-0.2, 0) is 18.7 Å². The normalized spacial score (nSPS) is 19.2. The van der Waals surface area contributed by atoms with Gasteiger partial charge in [-0.15, -0.1) is 22.0 Å². The second-order valence-electron chi connectivity index (χ2n) is 7.78. The van der Waals surface area contributed by atoms with Crippen LogP contribution < -0.4 is 4.90 Å². The Morgan fingerprint density at radius 1 is 0.966 bits per heavy atom. The lowest BCUT2D eigenvalue weighted by atomic mass is 10.2. The van der Waals surface area contributed by atoms with Gasteiger partial charge in [0.15, 0.2) is 5.82 Å². The molecular weight excluding hydrogens is 380 g/mol. The summed E-state index contributed by atoms with van der Waals surface area (Å²) in [6.07, 6.45) is 10.8. The van der Waals surface area contributed by atoms with Crippen LogP contribution in [-0.4, -0.2) is 31.3 Å². The quantitative estimate of drug-likeness (QED) is 0.584. The summed E-state index contributed by atoms with van der Waals surface area (Å²) in [5, 5.41) is 10.1. The Morgan fingerprint density at radius 2 is 1.90 bits per heavy atom. The largest absolute Gasteiger partial charge is 0.345 e. The average molecular weight is 407 g/mol. The first-order chi connectivity index (χ1) is 14.4. The lowest BCUT2D eigenvalue weighted by Crippen LogP contribution is -2.26. The van der Waals surface area contributed by atoms with E-state index in [9.17, 15) is 0 Å². The molecule has 1 aromatic carbocycles. The maximum atomic E-state index is 4.93. The van der Waals surface area contributed by atoms with Crippen molar-refractivity contribution in [3.8, 4) is 0 Å². The molecule has 2 aliphatic rings. The van der Waals surface area contributed by atoms with Crippen LogP contribution in [0, 0.1) is 0 Å². The lowest BCUT2D eigenvalue weighted by Gasteiger charge is -2.25. The Labute approximate surface area is 175 Å². The number of rotatable bonds is 5. The summed E-state index contributed by atoms with van der Waals surface area (Å²) < 4.78 is 2.37. The molecule has 2 aliphatic heterocycles. The molecule has 0 aliphatic carbocycles. The number of fused-ring (bicyclic) bond motifs is 1. The van der Waals surface area contributed by atoms with Gasteiger partial charge in [0.25, 0.3) is 0 Å². The van der Waals surface area contributed by atoms with Crippen molar-refractivity contribution in [3.05, 3.63) is 59.9 Å². The van der Waals surface area contributed by atoms with Crippen LogP contribution in [0.1, 0.15) is 55.4 Å². The molecule has 1 fully saturated rings. The first kappa shape index (κ1) is 18.6. The van der Waals surface area contributed by atoms with Gasteiger partial charge in [0, 0.05) is 25.3 Å². The van der Waals surface area contributed by atoms with Gasteiger partial charge in [-0.05, 0) is 31.2 Å². The highest BCUT2D eigenvalue weighted by atomic mass is 32.2. The molecule has 0 N–H and O–H groups in total. The van der Waals surface area contributed by atoms with E-state index in [1.807, 2.05) is 18.5 Å². The van der Waals surface area contributed by atoms with Crippen molar-refractivity contribution < 1.29 is 0 Å². The van der Waals surface area contributed by atoms with E-state index >= 15 is 0 Å². The molecule has 1 unspecified atom stereocenters. The molecular formula is C22H26N6S. The Balaban J connectivity index is 1.36. The van der Waals surface area contributed by atoms with Gasteiger partial charge in [-0.3, -0.25) is 4.98 Å². The molecule has 7 heteroatoms. The minimum atomic E-state index is 0.248. The zero-order valence-corrected chi connectivity index (χ0v) is 17.4. The Morgan fingerprint density at radius 3 is 2.83 bits per heavy atom. The van der Waals surface area contributed by atoms with Gasteiger partial charge < -0.3 is 9.47 Å². The summed E-state index contributed by atoms with van der Waals surface area (Å²) in [7, 11) is 0. The molecule has 6 nitrogen and oxygen atoms in total. The van der Waals surface area contributed by atoms with E-state index in [4.69, 9.17) is 4.98 Å². The van der Waals surface area contributed by atoms with Gasteiger partial charge >= 0.3 is 0 Å². The fourth-order valence-corrected chi connectivity index (χ4v) is 5.14. The van der Waals surface area contributed by atoms with Crippen molar-refractivity contribution in [1.82, 2.24) is 24.7 Å². The maximum Gasteiger partial charge on any atom is 0.155 e. The smallest absolute Gasteiger partial charge is 0.155 e. The van der Waals surface area contributed by atoms with Crippen molar-refractivity contribution in [2.24, 2.45) is 0 Å². The molecule has 2 aromatic heterocycles. The molecule has 0 radical (unpaired) electrons. The summed E-state index contributed by atoms with van der Waals surface area (Å²) in [5.41, 5.74) is 1.30. The van der Waals surface area contributed by atoms with Crippen LogP contribution >= 0.6 is 11.8 Å². The zero-order valence-electron chi connectivity index (χ0n) is 16.6. The van der Waals surface area contributed by atoms with Crippen LogP contribution in [0.5, 0.6) is 0 Å². The van der Waals surface area contributed by atoms with Gasteiger partial charge in [-0.25, -0.2) is 4.98 Å². The second kappa shape index (κ2) is 8.53. The van der Waals surface area contributed by atoms with Crippen LogP contribution in [0.25, 0.3) is 0 Å². The molecule has 3 aromatic rings. The minimum absolute atomic E-state index is 0.248. The third-order valence-electron chi connectivity index (χ3n) is 5.81. The predicted molar refractivity (Wildman–Crippen MR) is 115 cm³/mol. The summed E-state index contributed by atoms with van der Waals surface area (Å²) in [4.78, 5) is 11.8. The number of thioether (sulfide) groups is 1. The third kappa shape index (κ3) is 4.01. The number of anilines is 1. The topological polar surface area (TPSA) is 59.7 Å². The molecule has 1 saturated heterocycles. The lowest BCUT2D eigenvalue weighted by molar-refractivity contribution is 0.557. The van der Waals surface area contributed by atoms with E-state index < -0.39 is 0 Å². The summed E-state index contributed by atoms with van der Waals surface area (Å²) in [6, 6.07) is 10.8. The molecule has 0 spiro atoms. The minimum Gasteiger partial charge on any atom is -0.345 e. The zero-order chi connectivity index (χ0) is 19.5. The maximum absolute atomic E-state index is 4.93. The van der Waals surface area contributed by atoms with Gasteiger partial charge in [0.1, 0.15) is 16.7 Å². The number of benzene rings is 1. The van der Waals surface area contributed by atoms with E-state index in [0.29, 0.717) is 0 Å². The first-order valence-corrected chi connectivity index (χ1v) is 11.5. The second-order valence-corrected chi connectivity index (χ2v) is 8.77. The molecule has 0 amide bonds. The van der Waals surface area contributed by atoms with Crippen molar-refractivity contribution in [3.63, 3.8) is 0 Å². The van der Waals surface area contributed by atoms with Crippen LogP contribution in [0.3, 0.4) is 0 Å². The molecule has 0 saturated carbocycles. The number of aryl methyl sites for hydroxylation is 1. The number of hydrogen-bond acceptors (Lipinski definition) is 6. The Bertz CT molecular complexity index is 957. The monoisotopic (exact) mass is 406 g/mol. The average Bonchev–Trinajstić information content (AvgIpc) is 3.34. The SMILES string of the molecule is c1ccc(CSc2cncc(N3CCCC3c3nnc4n3CCCCC4)n2)cc1. The van der Waals surface area contributed by atoms with Crippen LogP contribution in [0.15, 0.2) is 47.8 Å². The fourth-order valence-electron chi connectivity index (χ4n) is 4.34. The summed E-state index contributed by atoms with van der Waals surface area (Å²) in [6.45, 7) is 2.04. The van der Waals surface area contributed by atoms with E-state index in [1.165, 1.54) is 24.8 Å². The Hall–Kier alpha value is -2.41. The molecule has 150 valence electrons. The number of hydrogen-bond donors (Lipinski definition) is 0. The standard InChI is InChI=1S/C22H26N6S/c1-3-8-17(9-4-1)16-29-21-15-23-14-20(24-21)27-13-7-10-18(27)22-26-25-19-11-5-2-6-12-28(19)22/h1,3-4,8-9,14-15,18H,2,5-7,10-13,16H2. The van der Waals surface area contributed by atoms with Crippen molar-refractivity contribution in [2.75, 3.05) is 11.4 Å². The molecule has 4 heterocycles. The highest BCUT2D eigenvalue weighted by Crippen LogP contribution is 2.36. The fraction of sp³-hybridized carbons (Fsp3) is 0.455. The predicted octanol–water partition coefficient (Wildman–Crippen LogP) is 4.43. The van der Waals surface area contributed by atoms with Crippen LogP contribution in [0.4, 0.5) is 5.82 Å². The Kier molecular flexibility index (Phi) is 5.47. The molecule has 29 heavy (non-hydrogen) atoms. The van der Waals surface area contributed by atoms with E-state index in [0.717, 1.165) is 60.6 Å². The first-order valence-electron chi connectivity index (χ1n) is 10.6. The highest BCUT2D eigenvalue weighted by molar-refractivity contribution is 7.98. The molecule has 0 bridgehead atoms. The summed E-state index contributed by atoms with van der Waals surface area (Å²) >= 11 is 1.74. The van der Waals surface area contributed by atoms with E-state index in [-0.39, 0.29) is 6.04 Å². The third-order valence-corrected chi connectivity index (χ3v) is 6.78. The molecule has 5 rings (SSSR count).